The molecular formula is C24H30N6O4. The number of carbonyl (C=O) groups excluding carboxylic acids is 3. The fraction of sp³-hybridized carbons (Fsp3) is 0.333. The van der Waals surface area contributed by atoms with Gasteiger partial charge >= 0.3 is 0 Å². The summed E-state index contributed by atoms with van der Waals surface area (Å²) in [6.45, 7) is 0.309. The van der Waals surface area contributed by atoms with E-state index in [2.05, 4.69) is 20.9 Å². The van der Waals surface area contributed by atoms with Crippen LogP contribution < -0.4 is 27.4 Å². The van der Waals surface area contributed by atoms with Crippen LogP contribution in [0.25, 0.3) is 0 Å². The van der Waals surface area contributed by atoms with E-state index in [1.165, 1.54) is 12.1 Å². The number of phenolic OH excluding ortho intramolecular Hbond substituents is 1. The van der Waals surface area contributed by atoms with E-state index in [-0.39, 0.29) is 24.6 Å². The third kappa shape index (κ3) is 7.22. The highest BCUT2D eigenvalue weighted by atomic mass is 16.3. The summed E-state index contributed by atoms with van der Waals surface area (Å²) in [5, 5.41) is 17.9. The number of benzene rings is 2. The van der Waals surface area contributed by atoms with E-state index < -0.39 is 35.8 Å². The molecule has 8 N–H and O–H groups in total. The molecule has 0 radical (unpaired) electrons. The second-order valence-electron chi connectivity index (χ2n) is 8.19. The monoisotopic (exact) mass is 466 g/mol. The van der Waals surface area contributed by atoms with Gasteiger partial charge in [0.15, 0.2) is 5.96 Å². The minimum Gasteiger partial charge on any atom is -0.508 e. The van der Waals surface area contributed by atoms with Crippen LogP contribution in [-0.2, 0) is 27.2 Å². The SMILES string of the molecule is NC(N)=NCCCC1NC(=O)C(Cc2ccccc2)NC(=O)C(Cc2ccc(O)cc2)NC1=O. The quantitative estimate of drug-likeness (QED) is 0.177. The summed E-state index contributed by atoms with van der Waals surface area (Å²) in [6.07, 6.45) is 1.24. The summed E-state index contributed by atoms with van der Waals surface area (Å²) in [7, 11) is 0. The zero-order valence-corrected chi connectivity index (χ0v) is 18.7. The molecule has 3 rings (SSSR count). The van der Waals surface area contributed by atoms with Gasteiger partial charge < -0.3 is 32.5 Å². The Hall–Kier alpha value is -4.08. The minimum atomic E-state index is -0.900. The molecule has 0 aromatic heterocycles. The van der Waals surface area contributed by atoms with E-state index >= 15 is 0 Å². The van der Waals surface area contributed by atoms with E-state index in [1.54, 1.807) is 12.1 Å². The number of nitrogens with zero attached hydrogens (tertiary/aromatic N) is 1. The number of carbonyl (C=O) groups is 3. The van der Waals surface area contributed by atoms with Crippen molar-refractivity contribution >= 4 is 23.7 Å². The van der Waals surface area contributed by atoms with Gasteiger partial charge in [0.05, 0.1) is 0 Å². The molecule has 1 fully saturated rings. The molecule has 1 heterocycles. The lowest BCUT2D eigenvalue weighted by atomic mass is 10.0. The topological polar surface area (TPSA) is 172 Å². The zero-order valence-electron chi connectivity index (χ0n) is 18.7. The predicted octanol–water partition coefficient (Wildman–Crippen LogP) is -0.301. The second-order valence-corrected chi connectivity index (χ2v) is 8.19. The Morgan fingerprint density at radius 2 is 1.26 bits per heavy atom. The Morgan fingerprint density at radius 1 is 0.765 bits per heavy atom. The van der Waals surface area contributed by atoms with Gasteiger partial charge in [-0.05, 0) is 36.1 Å². The average Bonchev–Trinajstić information content (AvgIpc) is 2.84. The number of nitrogens with one attached hydrogen (secondary N) is 3. The van der Waals surface area contributed by atoms with Crippen molar-refractivity contribution in [1.82, 2.24) is 16.0 Å². The van der Waals surface area contributed by atoms with Gasteiger partial charge in [0.1, 0.15) is 23.9 Å². The van der Waals surface area contributed by atoms with Gasteiger partial charge in [-0.2, -0.15) is 0 Å². The highest BCUT2D eigenvalue weighted by Crippen LogP contribution is 2.13. The lowest BCUT2D eigenvalue weighted by molar-refractivity contribution is -0.129. The minimum absolute atomic E-state index is 0.0466. The lowest BCUT2D eigenvalue weighted by Gasteiger charge is -2.20. The Labute approximate surface area is 197 Å². The number of rotatable bonds is 8. The molecule has 10 nitrogen and oxygen atoms in total. The first-order valence-corrected chi connectivity index (χ1v) is 11.1. The van der Waals surface area contributed by atoms with Crippen molar-refractivity contribution in [2.45, 2.75) is 43.8 Å². The molecule has 34 heavy (non-hydrogen) atoms. The van der Waals surface area contributed by atoms with Crippen molar-refractivity contribution in [2.24, 2.45) is 16.5 Å². The Morgan fingerprint density at radius 3 is 1.82 bits per heavy atom. The first-order valence-electron chi connectivity index (χ1n) is 11.1. The largest absolute Gasteiger partial charge is 0.508 e. The molecule has 180 valence electrons. The van der Waals surface area contributed by atoms with E-state index in [1.807, 2.05) is 30.3 Å². The van der Waals surface area contributed by atoms with Crippen LogP contribution in [-0.4, -0.2) is 53.5 Å². The molecule has 3 unspecified atom stereocenters. The van der Waals surface area contributed by atoms with Crippen molar-refractivity contribution in [1.29, 1.82) is 0 Å². The van der Waals surface area contributed by atoms with Gasteiger partial charge in [-0.1, -0.05) is 42.5 Å². The Bertz CT molecular complexity index is 1020. The van der Waals surface area contributed by atoms with Crippen LogP contribution in [0.2, 0.25) is 0 Å². The number of phenols is 1. The molecule has 3 amide bonds. The molecular weight excluding hydrogens is 436 g/mol. The highest BCUT2D eigenvalue weighted by molar-refractivity contribution is 5.97. The third-order valence-electron chi connectivity index (χ3n) is 5.50. The maximum Gasteiger partial charge on any atom is 0.243 e. The normalized spacial score (nSPS) is 20.7. The maximum absolute atomic E-state index is 13.1. The third-order valence-corrected chi connectivity index (χ3v) is 5.50. The number of hydrogen-bond donors (Lipinski definition) is 6. The molecule has 0 aliphatic carbocycles. The first-order chi connectivity index (χ1) is 16.3. The van der Waals surface area contributed by atoms with Crippen LogP contribution >= 0.6 is 0 Å². The van der Waals surface area contributed by atoms with Crippen molar-refractivity contribution in [2.75, 3.05) is 6.54 Å². The molecule has 3 atom stereocenters. The van der Waals surface area contributed by atoms with Gasteiger partial charge in [0.2, 0.25) is 17.7 Å². The number of amides is 3. The number of guanidine groups is 1. The van der Waals surface area contributed by atoms with Crippen molar-refractivity contribution in [3.05, 3.63) is 65.7 Å². The summed E-state index contributed by atoms with van der Waals surface area (Å²) in [5.41, 5.74) is 12.3. The van der Waals surface area contributed by atoms with E-state index in [4.69, 9.17) is 11.5 Å². The molecule has 1 aliphatic rings. The van der Waals surface area contributed by atoms with Crippen molar-refractivity contribution in [3.63, 3.8) is 0 Å². The Kier molecular flexibility index (Phi) is 8.44. The zero-order chi connectivity index (χ0) is 24.5. The van der Waals surface area contributed by atoms with Gasteiger partial charge in [-0.3, -0.25) is 19.4 Å². The fourth-order valence-electron chi connectivity index (χ4n) is 3.73. The van der Waals surface area contributed by atoms with Crippen LogP contribution in [0.15, 0.2) is 59.6 Å². The first kappa shape index (κ1) is 24.6. The molecule has 2 aromatic rings. The highest BCUT2D eigenvalue weighted by Gasteiger charge is 2.33. The number of nitrogens with two attached hydrogens (primary N) is 2. The molecule has 1 aliphatic heterocycles. The molecule has 0 spiro atoms. The smallest absolute Gasteiger partial charge is 0.243 e. The van der Waals surface area contributed by atoms with Crippen LogP contribution in [0.3, 0.4) is 0 Å². The molecule has 0 bridgehead atoms. The van der Waals surface area contributed by atoms with Gasteiger partial charge in [0.25, 0.3) is 0 Å². The fourth-order valence-corrected chi connectivity index (χ4v) is 3.73. The van der Waals surface area contributed by atoms with Crippen LogP contribution in [0.1, 0.15) is 24.0 Å². The van der Waals surface area contributed by atoms with E-state index in [0.717, 1.165) is 11.1 Å². The van der Waals surface area contributed by atoms with Gasteiger partial charge in [-0.25, -0.2) is 0 Å². The molecule has 0 saturated carbocycles. The summed E-state index contributed by atoms with van der Waals surface area (Å²) >= 11 is 0. The average molecular weight is 467 g/mol. The Balaban J connectivity index is 1.82. The standard InChI is InChI=1S/C24H30N6O4/c25-24(26)27-12-4-7-18-21(32)29-20(14-16-8-10-17(31)11-9-16)23(34)30-19(22(33)28-18)13-15-5-2-1-3-6-15/h1-3,5-6,8-11,18-20,31H,4,7,12-14H2,(H,28,33)(H,29,32)(H,30,34)(H4,25,26,27). The van der Waals surface area contributed by atoms with Gasteiger partial charge in [-0.15, -0.1) is 0 Å². The van der Waals surface area contributed by atoms with E-state index in [9.17, 15) is 19.5 Å². The second kappa shape index (κ2) is 11.7. The summed E-state index contributed by atoms with van der Waals surface area (Å²) in [4.78, 5) is 43.1. The van der Waals surface area contributed by atoms with Crippen LogP contribution in [0.5, 0.6) is 5.75 Å². The summed E-state index contributed by atoms with van der Waals surface area (Å²) in [5.74, 6) is -1.31. The van der Waals surface area contributed by atoms with E-state index in [0.29, 0.717) is 19.4 Å². The summed E-state index contributed by atoms with van der Waals surface area (Å²) in [6, 6.07) is 13.1. The van der Waals surface area contributed by atoms with Gasteiger partial charge in [0, 0.05) is 19.4 Å². The molecule has 10 heteroatoms. The van der Waals surface area contributed by atoms with Crippen molar-refractivity contribution < 1.29 is 19.5 Å². The number of aromatic hydroxyl groups is 1. The van der Waals surface area contributed by atoms with Crippen LogP contribution in [0.4, 0.5) is 0 Å². The van der Waals surface area contributed by atoms with Crippen molar-refractivity contribution in [3.8, 4) is 5.75 Å². The van der Waals surface area contributed by atoms with Crippen LogP contribution in [0, 0.1) is 0 Å². The lowest BCUT2D eigenvalue weighted by Crippen LogP contribution is -2.52. The summed E-state index contributed by atoms with van der Waals surface area (Å²) < 4.78 is 0. The number of hydrogen-bond acceptors (Lipinski definition) is 5. The molecule has 2 aromatic carbocycles. The maximum atomic E-state index is 13.1. The number of aliphatic imine (C=N–C) groups is 1. The molecule has 1 saturated heterocycles. The predicted molar refractivity (Wildman–Crippen MR) is 128 cm³/mol.